The summed E-state index contributed by atoms with van der Waals surface area (Å²) >= 11 is 0. The lowest BCUT2D eigenvalue weighted by atomic mass is 10.0. The number of aryl methyl sites for hydroxylation is 1. The Hall–Kier alpha value is -2.97. The van der Waals surface area contributed by atoms with Crippen molar-refractivity contribution in [1.29, 1.82) is 0 Å². The summed E-state index contributed by atoms with van der Waals surface area (Å²) in [6.07, 6.45) is 5.59. The minimum atomic E-state index is -3.40. The van der Waals surface area contributed by atoms with Crippen LogP contribution in [0.3, 0.4) is 0 Å². The molecule has 0 bridgehead atoms. The molecule has 35 heavy (non-hydrogen) atoms. The fraction of sp³-hybridized carbons (Fsp3) is 0.407. The van der Waals surface area contributed by atoms with Gasteiger partial charge < -0.3 is 4.90 Å². The highest BCUT2D eigenvalue weighted by atomic mass is 32.2. The Balaban J connectivity index is 1.24. The summed E-state index contributed by atoms with van der Waals surface area (Å²) in [5.41, 5.74) is 4.85. The minimum absolute atomic E-state index is 0.0169. The van der Waals surface area contributed by atoms with E-state index in [-0.39, 0.29) is 17.2 Å². The third kappa shape index (κ3) is 5.04. The smallest absolute Gasteiger partial charge is 0.254 e. The summed E-state index contributed by atoms with van der Waals surface area (Å²) in [4.78, 5) is 14.8. The molecule has 0 spiro atoms. The van der Waals surface area contributed by atoms with Gasteiger partial charge in [-0.05, 0) is 67.9 Å². The van der Waals surface area contributed by atoms with Crippen LogP contribution in [0.2, 0.25) is 0 Å². The first-order valence-electron chi connectivity index (χ1n) is 12.4. The van der Waals surface area contributed by atoms with E-state index in [9.17, 15) is 13.2 Å². The molecule has 0 radical (unpaired) electrons. The maximum atomic E-state index is 13.5. The molecule has 3 aromatic rings. The quantitative estimate of drug-likeness (QED) is 0.565. The molecule has 1 fully saturated rings. The summed E-state index contributed by atoms with van der Waals surface area (Å²) in [6, 6.07) is 17.4. The van der Waals surface area contributed by atoms with Crippen LogP contribution >= 0.6 is 0 Å². The van der Waals surface area contributed by atoms with Crippen LogP contribution in [0.4, 0.5) is 0 Å². The van der Waals surface area contributed by atoms with Gasteiger partial charge in [0.05, 0.1) is 23.7 Å². The van der Waals surface area contributed by atoms with Crippen LogP contribution in [0.25, 0.3) is 0 Å². The van der Waals surface area contributed by atoms with Crippen molar-refractivity contribution in [2.45, 2.75) is 63.4 Å². The van der Waals surface area contributed by atoms with Crippen molar-refractivity contribution < 1.29 is 13.2 Å². The fourth-order valence-electron chi connectivity index (χ4n) is 5.18. The van der Waals surface area contributed by atoms with Gasteiger partial charge in [0.15, 0.2) is 0 Å². The molecule has 8 heteroatoms. The zero-order valence-corrected chi connectivity index (χ0v) is 20.9. The van der Waals surface area contributed by atoms with E-state index in [0.29, 0.717) is 38.0 Å². The third-order valence-corrected chi connectivity index (χ3v) is 9.83. The molecule has 2 aromatic carbocycles. The predicted molar refractivity (Wildman–Crippen MR) is 135 cm³/mol. The van der Waals surface area contributed by atoms with Gasteiger partial charge in [0.1, 0.15) is 0 Å². The maximum Gasteiger partial charge on any atom is 0.254 e. The predicted octanol–water partition coefficient (Wildman–Crippen LogP) is 3.92. The highest BCUT2D eigenvalue weighted by molar-refractivity contribution is 7.89. The molecule has 7 nitrogen and oxygen atoms in total. The molecule has 2 aliphatic heterocycles. The molecular formula is C27H32N4O3S. The Morgan fingerprint density at radius 1 is 1.06 bits per heavy atom. The van der Waals surface area contributed by atoms with E-state index in [0.717, 1.165) is 30.5 Å². The number of amides is 1. The summed E-state index contributed by atoms with van der Waals surface area (Å²) in [5, 5.41) is 6.69. The van der Waals surface area contributed by atoms with Gasteiger partial charge in [-0.25, -0.2) is 8.42 Å². The van der Waals surface area contributed by atoms with Crippen LogP contribution in [0.15, 0.2) is 60.8 Å². The minimum Gasteiger partial charge on any atom is -0.332 e. The first-order chi connectivity index (χ1) is 16.9. The van der Waals surface area contributed by atoms with E-state index in [1.807, 2.05) is 60.5 Å². The molecule has 184 valence electrons. The Morgan fingerprint density at radius 2 is 1.83 bits per heavy atom. The number of carbonyl (C=O) groups is 1. The van der Waals surface area contributed by atoms with Crippen molar-refractivity contribution in [2.24, 2.45) is 0 Å². The van der Waals surface area contributed by atoms with Gasteiger partial charge >= 0.3 is 0 Å². The number of nitrogens with one attached hydrogen (secondary N) is 1. The van der Waals surface area contributed by atoms with E-state index >= 15 is 0 Å². The molecule has 1 amide bonds. The number of hydrogen-bond donors (Lipinski definition) is 1. The second kappa shape index (κ2) is 9.95. The van der Waals surface area contributed by atoms with Crippen LogP contribution in [-0.4, -0.2) is 51.6 Å². The van der Waals surface area contributed by atoms with Gasteiger partial charge in [0.25, 0.3) is 5.91 Å². The number of fused-ring (bicyclic) bond motifs is 1. The van der Waals surface area contributed by atoms with Crippen LogP contribution < -0.4 is 0 Å². The number of aromatic nitrogens is 2. The summed E-state index contributed by atoms with van der Waals surface area (Å²) in [5.74, 6) is -0.0169. The molecule has 1 N–H and O–H groups in total. The zero-order chi connectivity index (χ0) is 24.4. The van der Waals surface area contributed by atoms with E-state index in [1.54, 1.807) is 4.31 Å². The second-order valence-corrected chi connectivity index (χ2v) is 11.9. The number of nitrogens with zero attached hydrogens (tertiary/aromatic N) is 3. The Bertz CT molecular complexity index is 1270. The molecule has 0 saturated carbocycles. The highest BCUT2D eigenvalue weighted by Gasteiger charge is 2.39. The largest absolute Gasteiger partial charge is 0.332 e. The van der Waals surface area contributed by atoms with Gasteiger partial charge in [0.2, 0.25) is 10.0 Å². The Kier molecular flexibility index (Phi) is 6.75. The van der Waals surface area contributed by atoms with E-state index < -0.39 is 10.0 Å². The molecule has 0 aliphatic carbocycles. The lowest BCUT2D eigenvalue weighted by Gasteiger charge is -2.37. The number of hydrogen-bond acceptors (Lipinski definition) is 4. The summed E-state index contributed by atoms with van der Waals surface area (Å²) < 4.78 is 28.6. The van der Waals surface area contributed by atoms with Crippen molar-refractivity contribution >= 4 is 15.9 Å². The molecule has 2 aliphatic rings. The van der Waals surface area contributed by atoms with Crippen molar-refractivity contribution in [3.05, 3.63) is 88.7 Å². The standard InChI is InChI=1S/C27H32N4O3S/c1-20-7-13-25(14-10-21-5-3-2-4-6-21)35(33,34)31(20)18-22-8-11-23(12-9-22)27(32)30-16-15-24-17-28-29-26(24)19-30/h2-6,8-9,11-12,17,20,25H,7,10,13-16,18-19H2,1H3,(H,28,29). The van der Waals surface area contributed by atoms with Gasteiger partial charge in [-0.15, -0.1) is 0 Å². The number of carbonyl (C=O) groups excluding carboxylic acids is 1. The van der Waals surface area contributed by atoms with E-state index in [2.05, 4.69) is 22.3 Å². The molecule has 5 rings (SSSR count). The monoisotopic (exact) mass is 492 g/mol. The maximum absolute atomic E-state index is 13.5. The number of rotatable bonds is 6. The Morgan fingerprint density at radius 3 is 2.60 bits per heavy atom. The van der Waals surface area contributed by atoms with Gasteiger partial charge in [-0.3, -0.25) is 9.89 Å². The number of benzene rings is 2. The lowest BCUT2D eigenvalue weighted by Crippen LogP contribution is -2.48. The molecule has 1 saturated heterocycles. The summed E-state index contributed by atoms with van der Waals surface area (Å²) in [6.45, 7) is 3.52. The topological polar surface area (TPSA) is 86.4 Å². The molecule has 1 aromatic heterocycles. The van der Waals surface area contributed by atoms with Gasteiger partial charge in [-0.1, -0.05) is 42.5 Å². The lowest BCUT2D eigenvalue weighted by molar-refractivity contribution is 0.0732. The van der Waals surface area contributed by atoms with Crippen LogP contribution in [0, 0.1) is 0 Å². The normalized spacial score (nSPS) is 22.0. The SMILES string of the molecule is CC1CCC(CCc2ccccc2)S(=O)(=O)N1Cc1ccc(C(=O)N2CCc3cn[nH]c3C2)cc1. The van der Waals surface area contributed by atoms with E-state index in [1.165, 1.54) is 11.1 Å². The van der Waals surface area contributed by atoms with Crippen LogP contribution in [-0.2, 0) is 36.0 Å². The van der Waals surface area contributed by atoms with Gasteiger partial charge in [0, 0.05) is 24.7 Å². The van der Waals surface area contributed by atoms with Crippen LogP contribution in [0.1, 0.15) is 58.9 Å². The molecule has 3 heterocycles. The average molecular weight is 493 g/mol. The average Bonchev–Trinajstić information content (AvgIpc) is 3.35. The molecule has 2 unspecified atom stereocenters. The second-order valence-electron chi connectivity index (χ2n) is 9.71. The first kappa shape index (κ1) is 23.8. The first-order valence-corrected chi connectivity index (χ1v) is 13.9. The molecular weight excluding hydrogens is 460 g/mol. The summed E-state index contributed by atoms with van der Waals surface area (Å²) in [7, 11) is -3.40. The highest BCUT2D eigenvalue weighted by Crippen LogP contribution is 2.31. The third-order valence-electron chi connectivity index (χ3n) is 7.38. The van der Waals surface area contributed by atoms with E-state index in [4.69, 9.17) is 0 Å². The fourth-order valence-corrected chi connectivity index (χ4v) is 7.35. The molecule has 2 atom stereocenters. The van der Waals surface area contributed by atoms with Gasteiger partial charge in [-0.2, -0.15) is 9.40 Å². The number of sulfonamides is 1. The van der Waals surface area contributed by atoms with Crippen molar-refractivity contribution in [3.63, 3.8) is 0 Å². The zero-order valence-electron chi connectivity index (χ0n) is 20.1. The Labute approximate surface area is 207 Å². The number of aromatic amines is 1. The van der Waals surface area contributed by atoms with Crippen molar-refractivity contribution in [3.8, 4) is 0 Å². The van der Waals surface area contributed by atoms with Crippen LogP contribution in [0.5, 0.6) is 0 Å². The van der Waals surface area contributed by atoms with Crippen molar-refractivity contribution in [1.82, 2.24) is 19.4 Å². The number of H-pyrrole nitrogens is 1. The van der Waals surface area contributed by atoms with Crippen molar-refractivity contribution in [2.75, 3.05) is 6.54 Å².